The van der Waals surface area contributed by atoms with Crippen LogP contribution in [-0.2, 0) is 50.7 Å². The highest BCUT2D eigenvalue weighted by Crippen LogP contribution is 2.59. The van der Waals surface area contributed by atoms with E-state index in [2.05, 4.69) is 20.4 Å². The number of nitrogens with zero attached hydrogens (tertiary/aromatic N) is 7. The number of anilines is 1. The molecule has 1 unspecified atom stereocenters. The number of amides is 6. The molecule has 0 aliphatic carbocycles. The van der Waals surface area contributed by atoms with Crippen molar-refractivity contribution in [3.63, 3.8) is 0 Å². The van der Waals surface area contributed by atoms with Crippen molar-refractivity contribution in [1.82, 2.24) is 39.4 Å². The summed E-state index contributed by atoms with van der Waals surface area (Å²) in [6.45, 7) is 9.48. The monoisotopic (exact) mass is 1150 g/mol. The van der Waals surface area contributed by atoms with Crippen molar-refractivity contribution in [2.75, 3.05) is 77.0 Å². The van der Waals surface area contributed by atoms with Gasteiger partial charge in [0, 0.05) is 87.8 Å². The number of halogens is 2. The van der Waals surface area contributed by atoms with Crippen molar-refractivity contribution >= 4 is 81.2 Å². The van der Waals surface area contributed by atoms with Gasteiger partial charge in [-0.1, -0.05) is 57.2 Å². The Morgan fingerprint density at radius 2 is 1.59 bits per heavy atom. The molecule has 21 nitrogen and oxygen atoms in total. The summed E-state index contributed by atoms with van der Waals surface area (Å²) in [5.74, 6) is -2.72. The molecule has 4 N–H and O–H groups in total. The molecule has 0 bridgehead atoms. The second-order valence-electron chi connectivity index (χ2n) is 22.4. The quantitative estimate of drug-likeness (QED) is 0.0949. The lowest BCUT2D eigenvalue weighted by Crippen LogP contribution is -2.60. The van der Waals surface area contributed by atoms with Crippen LogP contribution in [0.25, 0.3) is 21.1 Å². The van der Waals surface area contributed by atoms with Gasteiger partial charge in [-0.15, -0.1) is 11.3 Å². The van der Waals surface area contributed by atoms with Gasteiger partial charge in [0.25, 0.3) is 5.91 Å². The van der Waals surface area contributed by atoms with E-state index in [9.17, 15) is 56.7 Å². The average Bonchev–Trinajstić information content (AvgIpc) is 4.14. The van der Waals surface area contributed by atoms with Crippen molar-refractivity contribution < 1.29 is 61.4 Å². The first-order chi connectivity index (χ1) is 38.0. The molecular weight excluding hydrogens is 1080 g/mol. The van der Waals surface area contributed by atoms with Gasteiger partial charge in [0.2, 0.25) is 29.5 Å². The number of likely N-dealkylation sites (tertiary alicyclic amines) is 1. The van der Waals surface area contributed by atoms with Crippen LogP contribution in [0.3, 0.4) is 0 Å². The van der Waals surface area contributed by atoms with Crippen LogP contribution >= 0.6 is 18.9 Å². The molecule has 5 saturated heterocycles. The van der Waals surface area contributed by atoms with Crippen LogP contribution in [0, 0.1) is 5.41 Å². The molecular formula is C55H66F2N9O12PS. The standard InChI is InChI=1S/C55H66F2N9O12PS/c1-54(2,3)48(59-50(70)44-29-34-28-35(10-14-43(34)80-44)55(56,57)79(74,75)76)52(72)65-21-18-41(47(65)51(71)64-26-27-77-42(31-64)33-8-6-5-7-9-33)78-32-46(68)63-24-22-62(23-25-63)36-16-19-61(20-17-36)37-11-12-38-40(30-37)60(4)53(73)66(38)39-13-15-45(67)58-49(39)69/h5-12,14,28-30,36,39,41-42,47-48H,13,15-27,31-32H2,1-4H3,(H,59,70)(H,58,67,69)(H2,74,75,76)/t39?,41-,42+,47+,48-/m1/s1. The maximum Gasteiger partial charge on any atom is 0.399 e. The summed E-state index contributed by atoms with van der Waals surface area (Å²) >= 11 is 0.952. The van der Waals surface area contributed by atoms with Gasteiger partial charge >= 0.3 is 18.9 Å². The highest BCUT2D eigenvalue weighted by Gasteiger charge is 2.51. The van der Waals surface area contributed by atoms with Gasteiger partial charge in [-0.25, -0.2) is 4.79 Å². The summed E-state index contributed by atoms with van der Waals surface area (Å²) in [6, 6.07) is 16.8. The normalized spacial score (nSPS) is 22.5. The molecule has 0 spiro atoms. The Morgan fingerprint density at radius 1 is 0.863 bits per heavy atom. The van der Waals surface area contributed by atoms with Gasteiger partial charge in [-0.3, -0.25) is 52.7 Å². The number of hydrogen-bond donors (Lipinski definition) is 4. The lowest BCUT2D eigenvalue weighted by molar-refractivity contribution is -0.156. The van der Waals surface area contributed by atoms with Crippen molar-refractivity contribution in [3.05, 3.63) is 99.3 Å². The number of imide groups is 1. The highest BCUT2D eigenvalue weighted by molar-refractivity contribution is 7.52. The first-order valence-corrected chi connectivity index (χ1v) is 29.4. The van der Waals surface area contributed by atoms with Crippen LogP contribution in [0.2, 0.25) is 0 Å². The minimum atomic E-state index is -5.86. The molecule has 5 fully saturated rings. The zero-order valence-corrected chi connectivity index (χ0v) is 46.6. The van der Waals surface area contributed by atoms with Gasteiger partial charge in [-0.2, -0.15) is 8.78 Å². The maximum atomic E-state index is 15.0. The third-order valence-electron chi connectivity index (χ3n) is 16.3. The number of carbonyl (C=O) groups excluding carboxylic acids is 6. The van der Waals surface area contributed by atoms with E-state index in [4.69, 9.17) is 9.47 Å². The molecule has 6 amide bonds. The smallest absolute Gasteiger partial charge is 0.371 e. The number of ether oxygens (including phenoxy) is 2. The van der Waals surface area contributed by atoms with Crippen molar-refractivity contribution in [3.8, 4) is 0 Å². The van der Waals surface area contributed by atoms with E-state index in [-0.39, 0.29) is 85.9 Å². The van der Waals surface area contributed by atoms with E-state index >= 15 is 0 Å². The lowest BCUT2D eigenvalue weighted by Gasteiger charge is -2.43. The predicted molar refractivity (Wildman–Crippen MR) is 292 cm³/mol. The number of morpholine rings is 1. The molecule has 10 rings (SSSR count). The van der Waals surface area contributed by atoms with E-state index in [1.807, 2.05) is 48.5 Å². The van der Waals surface area contributed by atoms with Crippen molar-refractivity contribution in [2.24, 2.45) is 12.5 Å². The molecule has 25 heteroatoms. The Hall–Kier alpha value is -6.40. The molecule has 5 aliphatic heterocycles. The molecule has 80 heavy (non-hydrogen) atoms. The maximum absolute atomic E-state index is 15.0. The Morgan fingerprint density at radius 3 is 2.27 bits per heavy atom. The number of hydrogen-bond acceptors (Lipinski definition) is 13. The number of nitrogens with one attached hydrogen (secondary N) is 2. The van der Waals surface area contributed by atoms with Crippen LogP contribution < -0.4 is 21.2 Å². The van der Waals surface area contributed by atoms with Gasteiger partial charge in [-0.05, 0) is 78.4 Å². The Labute approximate surface area is 463 Å². The van der Waals surface area contributed by atoms with E-state index in [0.29, 0.717) is 41.9 Å². The molecule has 5 aromatic rings. The molecule has 2 aromatic heterocycles. The van der Waals surface area contributed by atoms with Crippen LogP contribution in [0.15, 0.2) is 77.6 Å². The lowest BCUT2D eigenvalue weighted by atomic mass is 9.85. The zero-order chi connectivity index (χ0) is 57.0. The number of fused-ring (bicyclic) bond motifs is 2. The Bertz CT molecular complexity index is 3330. The first-order valence-electron chi connectivity index (χ1n) is 27.0. The molecule has 0 radical (unpaired) electrons. The Balaban J connectivity index is 0.783. The topological polar surface area (TPSA) is 246 Å². The van der Waals surface area contributed by atoms with Crippen LogP contribution in [0.4, 0.5) is 14.5 Å². The van der Waals surface area contributed by atoms with E-state index < -0.39 is 78.2 Å². The van der Waals surface area contributed by atoms with Crippen LogP contribution in [-0.4, -0.2) is 170 Å². The largest absolute Gasteiger partial charge is 0.399 e. The molecule has 7 heterocycles. The Kier molecular flexibility index (Phi) is 16.0. The fraction of sp³-hybridized carbons (Fsp3) is 0.509. The van der Waals surface area contributed by atoms with Crippen molar-refractivity contribution in [2.45, 2.75) is 94.9 Å². The summed E-state index contributed by atoms with van der Waals surface area (Å²) in [7, 11) is -4.18. The summed E-state index contributed by atoms with van der Waals surface area (Å²) < 4.78 is 56.8. The summed E-state index contributed by atoms with van der Waals surface area (Å²) in [6.07, 6.45) is 1.09. The van der Waals surface area contributed by atoms with Gasteiger partial charge < -0.3 is 44.2 Å². The number of aryl methyl sites for hydroxylation is 1. The molecule has 0 saturated carbocycles. The fourth-order valence-corrected chi connectivity index (χ4v) is 13.2. The number of piperidine rings is 2. The SMILES string of the molecule is Cn1c(=O)n(C2CCC(=O)NC2=O)c2ccc(N3CCC(N4CCN(C(=O)CO[C@@H]5CCN(C(=O)[C@@H](NC(=O)c6cc7cc(C(F)(F)P(=O)(O)O)ccc7s6)C(C)(C)C)[C@@H]5C(=O)N5CCO[C@H](c6ccccc6)C5)CC4)CC3)cc21. The molecule has 428 valence electrons. The number of aromatic nitrogens is 2. The number of imidazole rings is 1. The number of benzene rings is 3. The minimum absolute atomic E-state index is 0.0578. The highest BCUT2D eigenvalue weighted by atomic mass is 32.1. The zero-order valence-electron chi connectivity index (χ0n) is 44.9. The van der Waals surface area contributed by atoms with Gasteiger partial charge in [0.1, 0.15) is 30.8 Å². The molecule has 5 atom stereocenters. The third kappa shape index (κ3) is 11.3. The molecule has 5 aliphatic rings. The van der Waals surface area contributed by atoms with E-state index in [1.165, 1.54) is 26.2 Å². The minimum Gasteiger partial charge on any atom is -0.371 e. The average molecular weight is 1150 g/mol. The fourth-order valence-electron chi connectivity index (χ4n) is 11.8. The summed E-state index contributed by atoms with van der Waals surface area (Å²) in [5.41, 5.74) is -3.44. The first kappa shape index (κ1) is 56.9. The number of carbonyl (C=O) groups is 6. The second kappa shape index (κ2) is 22.5. The van der Waals surface area contributed by atoms with Gasteiger partial charge in [0.15, 0.2) is 0 Å². The third-order valence-corrected chi connectivity index (χ3v) is 18.4. The number of alkyl halides is 2. The molecule has 3 aromatic carbocycles. The number of rotatable bonds is 13. The predicted octanol–water partition coefficient (Wildman–Crippen LogP) is 4.30. The number of thiophene rings is 1. The second-order valence-corrected chi connectivity index (χ2v) is 25.1. The summed E-state index contributed by atoms with van der Waals surface area (Å²) in [5, 5.41) is 5.34. The van der Waals surface area contributed by atoms with E-state index in [1.54, 1.807) is 37.6 Å². The van der Waals surface area contributed by atoms with E-state index in [0.717, 1.165) is 60.7 Å². The summed E-state index contributed by atoms with van der Waals surface area (Å²) in [4.78, 5) is 124. The van der Waals surface area contributed by atoms with Crippen molar-refractivity contribution in [1.29, 1.82) is 0 Å². The van der Waals surface area contributed by atoms with Crippen LogP contribution in [0.5, 0.6) is 0 Å². The van der Waals surface area contributed by atoms with Crippen LogP contribution in [0.1, 0.15) is 85.8 Å². The number of piperazine rings is 1. The van der Waals surface area contributed by atoms with Gasteiger partial charge in [0.05, 0.1) is 35.2 Å².